The molecule has 0 radical (unpaired) electrons. The summed E-state index contributed by atoms with van der Waals surface area (Å²) < 4.78 is 0. The highest BCUT2D eigenvalue weighted by Gasteiger charge is 2.38. The summed E-state index contributed by atoms with van der Waals surface area (Å²) in [6.45, 7) is 2.21. The number of rotatable bonds is 4. The predicted molar refractivity (Wildman–Crippen MR) is 83.9 cm³/mol. The lowest BCUT2D eigenvalue weighted by Gasteiger charge is -2.32. The minimum Gasteiger partial charge on any atom is -0.370 e. The second-order valence-corrected chi connectivity index (χ2v) is 6.16. The van der Waals surface area contributed by atoms with Crippen LogP contribution in [0.5, 0.6) is 0 Å². The fourth-order valence-corrected chi connectivity index (χ4v) is 3.26. The maximum atomic E-state index is 12.1. The lowest BCUT2D eigenvalue weighted by atomic mass is 9.88. The van der Waals surface area contributed by atoms with Gasteiger partial charge in [-0.1, -0.05) is 49.9 Å². The molecule has 2 atom stereocenters. The largest absolute Gasteiger partial charge is 0.370 e. The predicted octanol–water partition coefficient (Wildman–Crippen LogP) is 3.97. The number of hydrogen-bond donors (Lipinski definition) is 2. The summed E-state index contributed by atoms with van der Waals surface area (Å²) in [7, 11) is 0. The molecule has 2 rings (SSSR count). The number of anilines is 1. The molecule has 110 valence electrons. The molecule has 4 heteroatoms. The SMILES string of the molecule is CCC1CCCC(Nc2ccccc2Cl)(C(N)=O)CC1. The maximum Gasteiger partial charge on any atom is 0.243 e. The van der Waals surface area contributed by atoms with Crippen molar-refractivity contribution >= 4 is 23.2 Å². The number of para-hydroxylation sites is 1. The third-order valence-electron chi connectivity index (χ3n) is 4.49. The van der Waals surface area contributed by atoms with Gasteiger partial charge in [0.15, 0.2) is 0 Å². The number of nitrogens with two attached hydrogens (primary N) is 1. The van der Waals surface area contributed by atoms with Crippen LogP contribution in [0.4, 0.5) is 5.69 Å². The van der Waals surface area contributed by atoms with Crippen LogP contribution in [0.1, 0.15) is 45.4 Å². The molecule has 1 aromatic carbocycles. The van der Waals surface area contributed by atoms with E-state index in [2.05, 4.69) is 12.2 Å². The summed E-state index contributed by atoms with van der Waals surface area (Å²) >= 11 is 6.19. The van der Waals surface area contributed by atoms with E-state index in [0.717, 1.165) is 31.4 Å². The van der Waals surface area contributed by atoms with Gasteiger partial charge >= 0.3 is 0 Å². The van der Waals surface area contributed by atoms with Crippen LogP contribution in [0.3, 0.4) is 0 Å². The van der Waals surface area contributed by atoms with Crippen molar-refractivity contribution in [3.05, 3.63) is 29.3 Å². The van der Waals surface area contributed by atoms with E-state index < -0.39 is 5.54 Å². The molecule has 0 aromatic heterocycles. The first-order valence-electron chi connectivity index (χ1n) is 7.40. The summed E-state index contributed by atoms with van der Waals surface area (Å²) in [5.41, 5.74) is 5.85. The van der Waals surface area contributed by atoms with Crippen molar-refractivity contribution in [1.29, 1.82) is 0 Å². The molecule has 1 saturated carbocycles. The molecule has 1 aliphatic carbocycles. The minimum absolute atomic E-state index is 0.269. The number of nitrogens with one attached hydrogen (secondary N) is 1. The molecular weight excluding hydrogens is 272 g/mol. The summed E-state index contributed by atoms with van der Waals surface area (Å²) in [6.07, 6.45) is 5.97. The first kappa shape index (κ1) is 15.2. The molecule has 0 spiro atoms. The second-order valence-electron chi connectivity index (χ2n) is 5.76. The molecule has 1 amide bonds. The van der Waals surface area contributed by atoms with E-state index in [9.17, 15) is 4.79 Å². The van der Waals surface area contributed by atoms with Gasteiger partial charge in [0, 0.05) is 0 Å². The van der Waals surface area contributed by atoms with Gasteiger partial charge in [0.25, 0.3) is 0 Å². The molecule has 1 aliphatic rings. The van der Waals surface area contributed by atoms with Crippen molar-refractivity contribution in [2.45, 2.75) is 51.0 Å². The Labute approximate surface area is 125 Å². The highest BCUT2D eigenvalue weighted by molar-refractivity contribution is 6.33. The van der Waals surface area contributed by atoms with Crippen LogP contribution in [0.25, 0.3) is 0 Å². The van der Waals surface area contributed by atoms with Crippen molar-refractivity contribution in [3.63, 3.8) is 0 Å². The maximum absolute atomic E-state index is 12.1. The number of hydrogen-bond acceptors (Lipinski definition) is 2. The van der Waals surface area contributed by atoms with Crippen LogP contribution >= 0.6 is 11.6 Å². The third-order valence-corrected chi connectivity index (χ3v) is 4.82. The van der Waals surface area contributed by atoms with E-state index >= 15 is 0 Å². The number of primary amides is 1. The van der Waals surface area contributed by atoms with E-state index in [0.29, 0.717) is 10.9 Å². The Morgan fingerprint density at radius 1 is 1.40 bits per heavy atom. The zero-order chi connectivity index (χ0) is 14.6. The fourth-order valence-electron chi connectivity index (χ4n) is 3.07. The molecule has 1 fully saturated rings. The Morgan fingerprint density at radius 3 is 2.80 bits per heavy atom. The van der Waals surface area contributed by atoms with Crippen molar-refractivity contribution in [3.8, 4) is 0 Å². The fraction of sp³-hybridized carbons (Fsp3) is 0.562. The van der Waals surface area contributed by atoms with Crippen molar-refractivity contribution in [2.24, 2.45) is 11.7 Å². The van der Waals surface area contributed by atoms with Gasteiger partial charge in [-0.15, -0.1) is 0 Å². The molecule has 0 heterocycles. The van der Waals surface area contributed by atoms with Crippen LogP contribution < -0.4 is 11.1 Å². The molecule has 20 heavy (non-hydrogen) atoms. The summed E-state index contributed by atoms with van der Waals surface area (Å²) in [5, 5.41) is 3.97. The topological polar surface area (TPSA) is 55.1 Å². The van der Waals surface area contributed by atoms with Gasteiger partial charge in [0.1, 0.15) is 5.54 Å². The van der Waals surface area contributed by atoms with Crippen LogP contribution in [-0.2, 0) is 4.79 Å². The summed E-state index contributed by atoms with van der Waals surface area (Å²) in [6, 6.07) is 7.51. The molecule has 0 bridgehead atoms. The van der Waals surface area contributed by atoms with Gasteiger partial charge in [0.2, 0.25) is 5.91 Å². The molecule has 3 N–H and O–H groups in total. The van der Waals surface area contributed by atoms with Crippen LogP contribution in [-0.4, -0.2) is 11.4 Å². The number of amides is 1. The third kappa shape index (κ3) is 3.26. The highest BCUT2D eigenvalue weighted by atomic mass is 35.5. The van der Waals surface area contributed by atoms with Crippen molar-refractivity contribution in [2.75, 3.05) is 5.32 Å². The second kappa shape index (κ2) is 6.49. The Morgan fingerprint density at radius 2 is 2.15 bits per heavy atom. The Bertz CT molecular complexity index is 477. The van der Waals surface area contributed by atoms with E-state index in [1.54, 1.807) is 0 Å². The average molecular weight is 295 g/mol. The van der Waals surface area contributed by atoms with Crippen LogP contribution in [0.2, 0.25) is 5.02 Å². The molecule has 2 unspecified atom stereocenters. The smallest absolute Gasteiger partial charge is 0.243 e. The number of halogens is 1. The minimum atomic E-state index is -0.658. The van der Waals surface area contributed by atoms with E-state index in [4.69, 9.17) is 17.3 Å². The number of carbonyl (C=O) groups is 1. The van der Waals surface area contributed by atoms with Crippen LogP contribution in [0.15, 0.2) is 24.3 Å². The Balaban J connectivity index is 2.22. The Kier molecular flexibility index (Phi) is 4.92. The van der Waals surface area contributed by atoms with Gasteiger partial charge in [0.05, 0.1) is 10.7 Å². The first-order valence-corrected chi connectivity index (χ1v) is 7.78. The monoisotopic (exact) mass is 294 g/mol. The van der Waals surface area contributed by atoms with E-state index in [1.165, 1.54) is 12.8 Å². The van der Waals surface area contributed by atoms with Gasteiger partial charge in [-0.3, -0.25) is 4.79 Å². The lowest BCUT2D eigenvalue weighted by Crippen LogP contribution is -2.50. The van der Waals surface area contributed by atoms with Crippen molar-refractivity contribution < 1.29 is 4.79 Å². The quantitative estimate of drug-likeness (QED) is 0.826. The number of benzene rings is 1. The van der Waals surface area contributed by atoms with Crippen molar-refractivity contribution in [1.82, 2.24) is 0 Å². The first-order chi connectivity index (χ1) is 9.57. The summed E-state index contributed by atoms with van der Waals surface area (Å²) in [5.74, 6) is 0.429. The average Bonchev–Trinajstić information content (AvgIpc) is 2.65. The zero-order valence-corrected chi connectivity index (χ0v) is 12.7. The van der Waals surface area contributed by atoms with Gasteiger partial charge in [-0.25, -0.2) is 0 Å². The van der Waals surface area contributed by atoms with Gasteiger partial charge in [-0.2, -0.15) is 0 Å². The van der Waals surface area contributed by atoms with Gasteiger partial charge < -0.3 is 11.1 Å². The molecule has 3 nitrogen and oxygen atoms in total. The lowest BCUT2D eigenvalue weighted by molar-refractivity contribution is -0.122. The molecule has 0 saturated heterocycles. The van der Waals surface area contributed by atoms with E-state index in [-0.39, 0.29) is 5.91 Å². The zero-order valence-electron chi connectivity index (χ0n) is 12.0. The standard InChI is InChI=1S/C16H23ClN2O/c1-2-12-6-5-10-16(11-9-12,15(18)20)19-14-8-4-3-7-13(14)17/h3-4,7-8,12,19H,2,5-6,9-11H2,1H3,(H2,18,20). The van der Waals surface area contributed by atoms with Crippen LogP contribution in [0, 0.1) is 5.92 Å². The van der Waals surface area contributed by atoms with Gasteiger partial charge in [-0.05, 0) is 37.3 Å². The molecular formula is C16H23ClN2O. The number of carbonyl (C=O) groups excluding carboxylic acids is 1. The van der Waals surface area contributed by atoms with E-state index in [1.807, 2.05) is 24.3 Å². The molecule has 0 aliphatic heterocycles. The Hall–Kier alpha value is -1.22. The normalized spacial score (nSPS) is 26.8. The highest BCUT2D eigenvalue weighted by Crippen LogP contribution is 2.35. The summed E-state index contributed by atoms with van der Waals surface area (Å²) in [4.78, 5) is 12.1. The molecule has 1 aromatic rings.